The molecule has 0 aliphatic heterocycles. The second-order valence-corrected chi connectivity index (χ2v) is 7.80. The van der Waals surface area contributed by atoms with Crippen LogP contribution in [0.1, 0.15) is 24.5 Å². The minimum absolute atomic E-state index is 0.304. The van der Waals surface area contributed by atoms with Gasteiger partial charge >= 0.3 is 0 Å². The quantitative estimate of drug-likeness (QED) is 0.722. The predicted molar refractivity (Wildman–Crippen MR) is 96.5 cm³/mol. The summed E-state index contributed by atoms with van der Waals surface area (Å²) < 4.78 is 26.2. The Kier molecular flexibility index (Phi) is 5.91. The number of rotatable bonds is 7. The number of hydrogen-bond donors (Lipinski definition) is 0. The van der Waals surface area contributed by atoms with E-state index in [-0.39, 0.29) is 0 Å². The van der Waals surface area contributed by atoms with Crippen LogP contribution < -0.4 is 0 Å². The van der Waals surface area contributed by atoms with Gasteiger partial charge < -0.3 is 4.79 Å². The zero-order valence-electron chi connectivity index (χ0n) is 14.3. The molecule has 0 aliphatic carbocycles. The number of hydrogen-bond acceptors (Lipinski definition) is 3. The van der Waals surface area contributed by atoms with Crippen molar-refractivity contribution in [2.45, 2.75) is 31.6 Å². The number of aryl methyl sites for hydroxylation is 2. The maximum Gasteiger partial charge on any atom is 0.242 e. The highest BCUT2D eigenvalue weighted by Crippen LogP contribution is 2.30. The van der Waals surface area contributed by atoms with E-state index in [1.54, 1.807) is 19.2 Å². The van der Waals surface area contributed by atoms with Crippen LogP contribution in [0.4, 0.5) is 0 Å². The zero-order valence-corrected chi connectivity index (χ0v) is 15.1. The highest BCUT2D eigenvalue weighted by Gasteiger charge is 2.20. The van der Waals surface area contributed by atoms with Gasteiger partial charge in [0.1, 0.15) is 6.29 Å². The van der Waals surface area contributed by atoms with Crippen LogP contribution in [-0.2, 0) is 21.2 Å². The Morgan fingerprint density at radius 1 is 1.08 bits per heavy atom. The molecular formula is C19H23NO3S. The van der Waals surface area contributed by atoms with Crippen molar-refractivity contribution in [2.75, 3.05) is 13.6 Å². The molecule has 0 aliphatic rings. The Morgan fingerprint density at radius 2 is 1.79 bits per heavy atom. The Balaban J connectivity index is 2.47. The summed E-state index contributed by atoms with van der Waals surface area (Å²) in [4.78, 5) is 11.0. The first kappa shape index (κ1) is 18.4. The van der Waals surface area contributed by atoms with Gasteiger partial charge in [0.05, 0.1) is 4.90 Å². The predicted octanol–water partition coefficient (Wildman–Crippen LogP) is 3.43. The topological polar surface area (TPSA) is 54.5 Å². The van der Waals surface area contributed by atoms with Crippen LogP contribution in [0, 0.1) is 6.92 Å². The van der Waals surface area contributed by atoms with Gasteiger partial charge in [-0.3, -0.25) is 0 Å². The van der Waals surface area contributed by atoms with Crippen molar-refractivity contribution in [1.29, 1.82) is 0 Å². The molecule has 0 saturated carbocycles. The summed E-state index contributed by atoms with van der Waals surface area (Å²) >= 11 is 0. The first-order chi connectivity index (χ1) is 11.4. The van der Waals surface area contributed by atoms with Crippen LogP contribution >= 0.6 is 0 Å². The average molecular weight is 345 g/mol. The maximum atomic E-state index is 12.5. The molecule has 5 heteroatoms. The molecular weight excluding hydrogens is 322 g/mol. The molecule has 0 atom stereocenters. The third kappa shape index (κ3) is 3.74. The van der Waals surface area contributed by atoms with E-state index in [9.17, 15) is 13.2 Å². The van der Waals surface area contributed by atoms with Crippen LogP contribution in [0.5, 0.6) is 0 Å². The smallest absolute Gasteiger partial charge is 0.242 e. The van der Waals surface area contributed by atoms with E-state index in [2.05, 4.69) is 0 Å². The van der Waals surface area contributed by atoms with Crippen LogP contribution in [0.2, 0.25) is 0 Å². The number of carbonyl (C=O) groups excluding carboxylic acids is 1. The van der Waals surface area contributed by atoms with Gasteiger partial charge in [-0.2, -0.15) is 0 Å². The lowest BCUT2D eigenvalue weighted by atomic mass is 9.94. The van der Waals surface area contributed by atoms with Crippen LogP contribution in [0.15, 0.2) is 47.4 Å². The van der Waals surface area contributed by atoms with Crippen molar-refractivity contribution >= 4 is 16.3 Å². The third-order valence-corrected chi connectivity index (χ3v) is 6.12. The highest BCUT2D eigenvalue weighted by atomic mass is 32.2. The fraction of sp³-hybridized carbons (Fsp3) is 0.316. The lowest BCUT2D eigenvalue weighted by Crippen LogP contribution is -2.26. The maximum absolute atomic E-state index is 12.5. The fourth-order valence-electron chi connectivity index (χ4n) is 2.66. The molecule has 0 saturated heterocycles. The van der Waals surface area contributed by atoms with Crippen molar-refractivity contribution in [3.63, 3.8) is 0 Å². The summed E-state index contributed by atoms with van der Waals surface area (Å²) in [5, 5.41) is 0. The zero-order chi connectivity index (χ0) is 17.7. The number of aldehydes is 1. The molecule has 2 rings (SSSR count). The van der Waals surface area contributed by atoms with Crippen LogP contribution in [0.25, 0.3) is 11.1 Å². The van der Waals surface area contributed by atoms with E-state index >= 15 is 0 Å². The largest absolute Gasteiger partial charge is 0.303 e. The van der Waals surface area contributed by atoms with Gasteiger partial charge in [-0.05, 0) is 47.7 Å². The minimum atomic E-state index is -3.45. The lowest BCUT2D eigenvalue weighted by Gasteiger charge is -2.17. The van der Waals surface area contributed by atoms with Gasteiger partial charge in [0.15, 0.2) is 0 Å². The fourth-order valence-corrected chi connectivity index (χ4v) is 3.93. The molecule has 0 unspecified atom stereocenters. The Morgan fingerprint density at radius 3 is 2.42 bits per heavy atom. The van der Waals surface area contributed by atoms with Gasteiger partial charge in [0, 0.05) is 20.0 Å². The van der Waals surface area contributed by atoms with E-state index in [1.165, 1.54) is 4.31 Å². The van der Waals surface area contributed by atoms with E-state index in [1.807, 2.05) is 44.2 Å². The van der Waals surface area contributed by atoms with Crippen molar-refractivity contribution in [1.82, 2.24) is 4.31 Å². The Hall–Kier alpha value is -1.98. The van der Waals surface area contributed by atoms with Gasteiger partial charge in [-0.25, -0.2) is 12.7 Å². The molecule has 24 heavy (non-hydrogen) atoms. The molecule has 0 spiro atoms. The molecule has 4 nitrogen and oxygen atoms in total. The first-order valence-corrected chi connectivity index (χ1v) is 9.44. The normalized spacial score (nSPS) is 11.7. The Bertz CT molecular complexity index is 828. The second-order valence-electron chi connectivity index (χ2n) is 5.76. The molecule has 2 aromatic carbocycles. The van der Waals surface area contributed by atoms with Crippen LogP contribution in [-0.4, -0.2) is 32.6 Å². The molecule has 0 heterocycles. The second kappa shape index (κ2) is 7.73. The van der Waals surface area contributed by atoms with E-state index in [0.717, 1.165) is 28.5 Å². The number of nitrogens with zero attached hydrogens (tertiary/aromatic N) is 1. The third-order valence-electron chi connectivity index (χ3n) is 4.19. The van der Waals surface area contributed by atoms with Gasteiger partial charge in [-0.1, -0.05) is 37.3 Å². The summed E-state index contributed by atoms with van der Waals surface area (Å²) in [7, 11) is -1.87. The summed E-state index contributed by atoms with van der Waals surface area (Å²) in [5.74, 6) is 0. The van der Waals surface area contributed by atoms with Crippen molar-refractivity contribution < 1.29 is 13.2 Å². The van der Waals surface area contributed by atoms with E-state index in [0.29, 0.717) is 24.3 Å². The molecule has 0 radical (unpaired) electrons. The number of benzene rings is 2. The van der Waals surface area contributed by atoms with E-state index < -0.39 is 10.0 Å². The van der Waals surface area contributed by atoms with Crippen LogP contribution in [0.3, 0.4) is 0 Å². The van der Waals surface area contributed by atoms with Gasteiger partial charge in [0.2, 0.25) is 10.0 Å². The summed E-state index contributed by atoms with van der Waals surface area (Å²) in [6.07, 6.45) is 2.07. The number of sulfonamides is 1. The summed E-state index contributed by atoms with van der Waals surface area (Å²) in [6, 6.07) is 13.1. The molecule has 2 aromatic rings. The Labute approximate surface area is 144 Å². The lowest BCUT2D eigenvalue weighted by molar-refractivity contribution is -0.107. The van der Waals surface area contributed by atoms with Gasteiger partial charge in [-0.15, -0.1) is 0 Å². The molecule has 128 valence electrons. The van der Waals surface area contributed by atoms with Crippen molar-refractivity contribution in [3.8, 4) is 11.1 Å². The molecule has 0 bridgehead atoms. The van der Waals surface area contributed by atoms with E-state index in [4.69, 9.17) is 0 Å². The first-order valence-electron chi connectivity index (χ1n) is 8.00. The summed E-state index contributed by atoms with van der Waals surface area (Å²) in [6.45, 7) is 4.15. The molecule has 0 amide bonds. The van der Waals surface area contributed by atoms with Crippen molar-refractivity contribution in [2.24, 2.45) is 0 Å². The van der Waals surface area contributed by atoms with Crippen molar-refractivity contribution in [3.05, 3.63) is 53.6 Å². The summed E-state index contributed by atoms with van der Waals surface area (Å²) in [5.41, 5.74) is 4.03. The SMILES string of the molecule is CCN(C)S(=O)(=O)c1ccc(-c2ccccc2CCC=O)c(C)c1. The standard InChI is InChI=1S/C19H23NO3S/c1-4-20(3)24(22,23)17-11-12-18(15(2)14-17)19-10-6-5-8-16(19)9-7-13-21/h5-6,8,10-14H,4,7,9H2,1-3H3. The average Bonchev–Trinajstić information content (AvgIpc) is 2.59. The monoisotopic (exact) mass is 345 g/mol. The molecule has 0 N–H and O–H groups in total. The minimum Gasteiger partial charge on any atom is -0.303 e. The number of carbonyl (C=O) groups is 1. The van der Waals surface area contributed by atoms with Gasteiger partial charge in [0.25, 0.3) is 0 Å². The molecule has 0 fully saturated rings. The highest BCUT2D eigenvalue weighted by molar-refractivity contribution is 7.89. The molecule has 0 aromatic heterocycles.